The molecule has 0 aromatic rings. The lowest BCUT2D eigenvalue weighted by Crippen LogP contribution is -2.53. The summed E-state index contributed by atoms with van der Waals surface area (Å²) in [6.45, 7) is 11.8. The molecule has 0 aromatic heterocycles. The highest BCUT2D eigenvalue weighted by Crippen LogP contribution is 2.32. The monoisotopic (exact) mass is 466 g/mol. The predicted octanol–water partition coefficient (Wildman–Crippen LogP) is 8.70. The minimum atomic E-state index is -0.442. The van der Waals surface area contributed by atoms with Crippen LogP contribution in [0.4, 0.5) is 0 Å². The molecule has 0 amide bonds. The van der Waals surface area contributed by atoms with Crippen molar-refractivity contribution in [1.82, 2.24) is 10.6 Å². The number of nitrogens with one attached hydrogen (secondary N) is 2. The molecule has 0 aromatic carbocycles. The predicted molar refractivity (Wildman–Crippen MR) is 144 cm³/mol. The fourth-order valence-electron chi connectivity index (χ4n) is 4.57. The molecule has 0 bridgehead atoms. The van der Waals surface area contributed by atoms with Crippen LogP contribution in [-0.4, -0.2) is 22.9 Å². The van der Waals surface area contributed by atoms with E-state index in [0.29, 0.717) is 5.92 Å². The summed E-state index contributed by atoms with van der Waals surface area (Å²) in [4.78, 5) is 0. The molecule has 0 heterocycles. The lowest BCUT2D eigenvalue weighted by atomic mass is 9.84. The molecule has 1 atom stereocenters. The molecular weight excluding hydrogens is 412 g/mol. The first-order valence-corrected chi connectivity index (χ1v) is 14.2. The molecule has 0 spiro atoms. The highest BCUT2D eigenvalue weighted by molar-refractivity contribution is 7.80. The van der Waals surface area contributed by atoms with E-state index in [1.165, 1.54) is 109 Å². The van der Waals surface area contributed by atoms with Gasteiger partial charge in [-0.3, -0.25) is 0 Å². The van der Waals surface area contributed by atoms with Crippen LogP contribution in [0.3, 0.4) is 0 Å². The van der Waals surface area contributed by atoms with Gasteiger partial charge in [0.25, 0.3) is 0 Å². The Morgan fingerprint density at radius 3 is 1.78 bits per heavy atom. The van der Waals surface area contributed by atoms with Gasteiger partial charge in [0.1, 0.15) is 0 Å². The molecule has 188 valence electrons. The van der Waals surface area contributed by atoms with Gasteiger partial charge >= 0.3 is 0 Å². The molecule has 0 radical (unpaired) electrons. The molecule has 5 heteroatoms. The van der Waals surface area contributed by atoms with Crippen molar-refractivity contribution in [3.63, 3.8) is 0 Å². The normalized spacial score (nSPS) is 19.7. The summed E-state index contributed by atoms with van der Waals surface area (Å²) < 4.78 is 0. The smallest absolute Gasteiger partial charge is 0.168 e. The zero-order valence-corrected chi connectivity index (χ0v) is 22.9. The quantitative estimate of drug-likeness (QED) is 0.192. The Labute approximate surface area is 205 Å². The number of unbranched alkanes of at least 4 members (excludes halogenated alkanes) is 5. The highest BCUT2D eigenvalue weighted by atomic mass is 32.1. The fourth-order valence-corrected chi connectivity index (χ4v) is 4.88. The van der Waals surface area contributed by atoms with Crippen LogP contribution in [0.2, 0.25) is 0 Å². The summed E-state index contributed by atoms with van der Waals surface area (Å²) >= 11 is 5.72. The van der Waals surface area contributed by atoms with E-state index in [4.69, 9.17) is 22.4 Å². The van der Waals surface area contributed by atoms with Gasteiger partial charge in [0, 0.05) is 12.5 Å². The Morgan fingerprint density at radius 1 is 0.750 bits per heavy atom. The molecule has 4 nitrogen and oxygen atoms in total. The van der Waals surface area contributed by atoms with E-state index in [1.54, 1.807) is 0 Å². The topological polar surface area (TPSA) is 48.8 Å². The molecule has 32 heavy (non-hydrogen) atoms. The lowest BCUT2D eigenvalue weighted by Gasteiger charge is -2.36. The second-order valence-corrected chi connectivity index (χ2v) is 11.5. The Balaban J connectivity index is 2.73. The molecule has 1 unspecified atom stereocenters. The molecule has 1 rings (SSSR count). The van der Waals surface area contributed by atoms with Crippen LogP contribution >= 0.6 is 12.2 Å². The van der Waals surface area contributed by atoms with Crippen molar-refractivity contribution in [1.29, 1.82) is 0 Å². The number of hydrogen-bond acceptors (Lipinski definition) is 3. The van der Waals surface area contributed by atoms with E-state index in [1.807, 2.05) is 0 Å². The summed E-state index contributed by atoms with van der Waals surface area (Å²) in [7, 11) is 0. The first-order valence-electron chi connectivity index (χ1n) is 13.8. The molecule has 2 N–H and O–H groups in total. The SMILES string of the molecule is CCCCCCCCNC(=S)NC(C)(N=NC(C)(C)C)C1CCCCCCCCCCC1. The maximum Gasteiger partial charge on any atom is 0.168 e. The third-order valence-electron chi connectivity index (χ3n) is 6.64. The largest absolute Gasteiger partial charge is 0.363 e. The first kappa shape index (κ1) is 29.3. The molecule has 1 aliphatic rings. The summed E-state index contributed by atoms with van der Waals surface area (Å²) in [5.41, 5.74) is -0.621. The van der Waals surface area contributed by atoms with Gasteiger partial charge < -0.3 is 10.6 Å². The van der Waals surface area contributed by atoms with Crippen LogP contribution < -0.4 is 10.6 Å². The van der Waals surface area contributed by atoms with Gasteiger partial charge in [-0.1, -0.05) is 96.8 Å². The van der Waals surface area contributed by atoms with Crippen molar-refractivity contribution in [3.8, 4) is 0 Å². The van der Waals surface area contributed by atoms with E-state index in [-0.39, 0.29) is 5.54 Å². The van der Waals surface area contributed by atoms with Crippen LogP contribution in [0.25, 0.3) is 0 Å². The zero-order chi connectivity index (χ0) is 23.7. The van der Waals surface area contributed by atoms with Gasteiger partial charge in [0.05, 0.1) is 5.54 Å². The number of rotatable bonds is 10. The van der Waals surface area contributed by atoms with Gasteiger partial charge in [-0.25, -0.2) is 0 Å². The average Bonchev–Trinajstić information content (AvgIpc) is 2.71. The van der Waals surface area contributed by atoms with Gasteiger partial charge in [0.2, 0.25) is 0 Å². The van der Waals surface area contributed by atoms with E-state index < -0.39 is 5.66 Å². The fraction of sp³-hybridized carbons (Fsp3) is 0.963. The molecule has 1 fully saturated rings. The van der Waals surface area contributed by atoms with E-state index in [0.717, 1.165) is 11.7 Å². The summed E-state index contributed by atoms with van der Waals surface area (Å²) in [6.07, 6.45) is 22.4. The van der Waals surface area contributed by atoms with Gasteiger partial charge in [-0.05, 0) is 59.2 Å². The van der Waals surface area contributed by atoms with Crippen LogP contribution in [0.5, 0.6) is 0 Å². The molecule has 1 saturated carbocycles. The zero-order valence-electron chi connectivity index (χ0n) is 22.1. The summed E-state index contributed by atoms with van der Waals surface area (Å²) in [5, 5.41) is 17.4. The number of thiocarbonyl (C=S) groups is 1. The first-order chi connectivity index (χ1) is 15.3. The second-order valence-electron chi connectivity index (χ2n) is 11.1. The summed E-state index contributed by atoms with van der Waals surface area (Å²) in [5.74, 6) is 0.460. The van der Waals surface area contributed by atoms with Crippen LogP contribution in [0.1, 0.15) is 144 Å². The number of hydrogen-bond donors (Lipinski definition) is 2. The highest BCUT2D eigenvalue weighted by Gasteiger charge is 2.35. The third-order valence-corrected chi connectivity index (χ3v) is 6.89. The molecule has 0 aliphatic heterocycles. The maximum atomic E-state index is 5.72. The van der Waals surface area contributed by atoms with Crippen LogP contribution in [-0.2, 0) is 0 Å². The van der Waals surface area contributed by atoms with E-state index in [2.05, 4.69) is 45.3 Å². The van der Waals surface area contributed by atoms with Crippen molar-refractivity contribution in [3.05, 3.63) is 0 Å². The van der Waals surface area contributed by atoms with Crippen LogP contribution in [0, 0.1) is 5.92 Å². The molecule has 0 saturated heterocycles. The molecule has 1 aliphatic carbocycles. The Hall–Kier alpha value is -0.710. The minimum absolute atomic E-state index is 0.179. The summed E-state index contributed by atoms with van der Waals surface area (Å²) in [6, 6.07) is 0. The van der Waals surface area contributed by atoms with Gasteiger partial charge in [-0.15, -0.1) is 0 Å². The van der Waals surface area contributed by atoms with E-state index in [9.17, 15) is 0 Å². The van der Waals surface area contributed by atoms with Crippen molar-refractivity contribution in [2.75, 3.05) is 6.54 Å². The Kier molecular flexibility index (Phi) is 15.4. The van der Waals surface area contributed by atoms with Gasteiger partial charge in [0.15, 0.2) is 10.8 Å². The molecular formula is C27H54N4S. The van der Waals surface area contributed by atoms with Crippen molar-refractivity contribution in [2.24, 2.45) is 16.1 Å². The van der Waals surface area contributed by atoms with Gasteiger partial charge in [-0.2, -0.15) is 10.2 Å². The minimum Gasteiger partial charge on any atom is -0.363 e. The third kappa shape index (κ3) is 14.4. The number of nitrogens with zero attached hydrogens (tertiary/aromatic N) is 2. The lowest BCUT2D eigenvalue weighted by molar-refractivity contribution is 0.214. The van der Waals surface area contributed by atoms with E-state index >= 15 is 0 Å². The van der Waals surface area contributed by atoms with Crippen molar-refractivity contribution < 1.29 is 0 Å². The Morgan fingerprint density at radius 2 is 1.25 bits per heavy atom. The maximum absolute atomic E-state index is 5.72. The second kappa shape index (κ2) is 16.8. The standard InChI is InChI=1S/C27H54N4S/c1-6-7-8-9-17-20-23-28-25(32)29-27(5,31-30-26(2,3)4)24-21-18-15-13-11-10-12-14-16-19-22-24/h24H,6-23H2,1-5H3,(H2,28,29,32). The van der Waals surface area contributed by atoms with Crippen molar-refractivity contribution in [2.45, 2.75) is 155 Å². The van der Waals surface area contributed by atoms with Crippen molar-refractivity contribution >= 4 is 17.3 Å². The Bertz CT molecular complexity index is 502. The number of azo groups is 1. The average molecular weight is 467 g/mol. The van der Waals surface area contributed by atoms with Crippen LogP contribution in [0.15, 0.2) is 10.2 Å².